The lowest BCUT2D eigenvalue weighted by atomic mass is 10.0. The number of hydrogen-bond donors (Lipinski definition) is 2. The molecule has 1 aliphatic heterocycles. The number of imide groups is 1. The summed E-state index contributed by atoms with van der Waals surface area (Å²) in [5, 5.41) is 5.29. The molecule has 0 fully saturated rings. The fourth-order valence-corrected chi connectivity index (χ4v) is 4.91. The quantitative estimate of drug-likeness (QED) is 0.203. The number of aryl methyl sites for hydroxylation is 2. The van der Waals surface area contributed by atoms with Gasteiger partial charge < -0.3 is 20.1 Å². The van der Waals surface area contributed by atoms with E-state index in [0.717, 1.165) is 28.9 Å². The van der Waals surface area contributed by atoms with Crippen LogP contribution in [0.2, 0.25) is 0 Å². The second-order valence-corrected chi connectivity index (χ2v) is 11.3. The van der Waals surface area contributed by atoms with Crippen LogP contribution in [0.1, 0.15) is 76.3 Å². The Balaban J connectivity index is 1.39. The highest BCUT2D eigenvalue weighted by Gasteiger charge is 2.44. The van der Waals surface area contributed by atoms with Gasteiger partial charge in [-0.2, -0.15) is 0 Å². The van der Waals surface area contributed by atoms with E-state index in [1.165, 1.54) is 18.2 Å². The van der Waals surface area contributed by atoms with Gasteiger partial charge in [-0.05, 0) is 78.8 Å². The number of rotatable bonds is 13. The lowest BCUT2D eigenvalue weighted by Gasteiger charge is -2.25. The van der Waals surface area contributed by atoms with E-state index in [4.69, 9.17) is 9.47 Å². The highest BCUT2D eigenvalue weighted by Crippen LogP contribution is 2.29. The van der Waals surface area contributed by atoms with E-state index in [0.29, 0.717) is 11.4 Å². The summed E-state index contributed by atoms with van der Waals surface area (Å²) >= 11 is 0. The van der Waals surface area contributed by atoms with Gasteiger partial charge in [0.25, 0.3) is 23.6 Å². The second kappa shape index (κ2) is 15.1. The number of nitrogens with zero attached hydrogens (tertiary/aromatic N) is 1. The molecular weight excluding hydrogens is 590 g/mol. The maximum atomic E-state index is 13.5. The second-order valence-electron chi connectivity index (χ2n) is 11.3. The summed E-state index contributed by atoms with van der Waals surface area (Å²) in [7, 11) is 0. The minimum Gasteiger partial charge on any atom is -0.454 e. The van der Waals surface area contributed by atoms with Crippen LogP contribution < -0.4 is 10.6 Å². The summed E-state index contributed by atoms with van der Waals surface area (Å²) in [5.41, 5.74) is 3.16. The zero-order valence-electron chi connectivity index (χ0n) is 26.3. The van der Waals surface area contributed by atoms with E-state index in [1.54, 1.807) is 24.3 Å². The monoisotopic (exact) mass is 627 g/mol. The minimum atomic E-state index is -1.30. The molecule has 0 aliphatic carbocycles. The fraction of sp³-hybridized carbons (Fsp3) is 0.314. The molecule has 4 rings (SSSR count). The average molecular weight is 628 g/mol. The largest absolute Gasteiger partial charge is 0.454 e. The van der Waals surface area contributed by atoms with Crippen LogP contribution in [0.5, 0.6) is 0 Å². The Morgan fingerprint density at radius 3 is 1.70 bits per heavy atom. The van der Waals surface area contributed by atoms with Crippen LogP contribution >= 0.6 is 0 Å². The molecule has 0 bridgehead atoms. The van der Waals surface area contributed by atoms with Gasteiger partial charge in [0.1, 0.15) is 6.04 Å². The van der Waals surface area contributed by atoms with Crippen LogP contribution in [0.4, 0.5) is 11.4 Å². The molecule has 46 heavy (non-hydrogen) atoms. The first-order valence-corrected chi connectivity index (χ1v) is 15.1. The van der Waals surface area contributed by atoms with E-state index in [2.05, 4.69) is 10.6 Å². The van der Waals surface area contributed by atoms with Gasteiger partial charge in [-0.1, -0.05) is 52.0 Å². The van der Waals surface area contributed by atoms with Crippen molar-refractivity contribution in [1.82, 2.24) is 4.90 Å². The van der Waals surface area contributed by atoms with Crippen molar-refractivity contribution in [2.24, 2.45) is 5.92 Å². The van der Waals surface area contributed by atoms with Gasteiger partial charge in [-0.3, -0.25) is 24.1 Å². The molecule has 0 radical (unpaired) electrons. The average Bonchev–Trinajstić information content (AvgIpc) is 3.30. The number of fused-ring (bicyclic) bond motifs is 1. The SMILES string of the molecule is CCc1ccc(NC(=O)COC(=O)c2ccc3c(c2)C(=O)N(C(CC(C)C)C(=O)OCC(=O)Nc2ccc(CC)cc2)C3=O)cc1. The summed E-state index contributed by atoms with van der Waals surface area (Å²) in [5.74, 6) is -4.53. The Kier molecular flexibility index (Phi) is 11.0. The van der Waals surface area contributed by atoms with Gasteiger partial charge in [-0.15, -0.1) is 0 Å². The van der Waals surface area contributed by atoms with Gasteiger partial charge in [0.2, 0.25) is 0 Å². The molecule has 1 heterocycles. The number of hydrogen-bond acceptors (Lipinski definition) is 8. The molecule has 2 N–H and O–H groups in total. The lowest BCUT2D eigenvalue weighted by Crippen LogP contribution is -2.46. The van der Waals surface area contributed by atoms with Crippen LogP contribution in [0.25, 0.3) is 0 Å². The Hall–Kier alpha value is -5.32. The van der Waals surface area contributed by atoms with Crippen LogP contribution in [-0.2, 0) is 36.7 Å². The van der Waals surface area contributed by atoms with Crippen molar-refractivity contribution in [3.63, 3.8) is 0 Å². The number of carbonyl (C=O) groups is 6. The Morgan fingerprint density at radius 2 is 1.20 bits per heavy atom. The number of carbonyl (C=O) groups excluding carboxylic acids is 6. The van der Waals surface area contributed by atoms with Crippen molar-refractivity contribution < 1.29 is 38.2 Å². The van der Waals surface area contributed by atoms with Crippen LogP contribution in [0.3, 0.4) is 0 Å². The van der Waals surface area contributed by atoms with Crippen molar-refractivity contribution in [3.05, 3.63) is 94.5 Å². The van der Waals surface area contributed by atoms with E-state index in [1.807, 2.05) is 52.0 Å². The topological polar surface area (TPSA) is 148 Å². The molecule has 0 spiro atoms. The van der Waals surface area contributed by atoms with E-state index >= 15 is 0 Å². The van der Waals surface area contributed by atoms with Crippen LogP contribution in [0, 0.1) is 5.92 Å². The summed E-state index contributed by atoms with van der Waals surface area (Å²) in [6, 6.07) is 17.0. The Morgan fingerprint density at radius 1 is 0.696 bits per heavy atom. The molecule has 3 aromatic rings. The van der Waals surface area contributed by atoms with Crippen LogP contribution in [0.15, 0.2) is 66.7 Å². The van der Waals surface area contributed by atoms with E-state index in [-0.39, 0.29) is 29.0 Å². The molecule has 0 aromatic heterocycles. The highest BCUT2D eigenvalue weighted by atomic mass is 16.5. The standard InChI is InChI=1S/C35H37N3O8/c1-5-22-7-12-25(13-8-22)36-30(39)19-45-34(43)24-11-16-27-28(18-24)33(42)38(32(27)41)29(17-21(3)4)35(44)46-20-31(40)37-26-14-9-23(6-2)10-15-26/h7-16,18,21,29H,5-6,17,19-20H2,1-4H3,(H,36,39)(H,37,40). The predicted octanol–water partition coefficient (Wildman–Crippen LogP) is 4.80. The third-order valence-electron chi connectivity index (χ3n) is 7.40. The first-order chi connectivity index (χ1) is 22.0. The number of nitrogens with one attached hydrogen (secondary N) is 2. The fourth-order valence-electron chi connectivity index (χ4n) is 4.91. The molecule has 0 saturated heterocycles. The summed E-state index contributed by atoms with van der Waals surface area (Å²) in [6.45, 7) is 6.48. The molecule has 3 aromatic carbocycles. The first kappa shape index (κ1) is 33.6. The third-order valence-corrected chi connectivity index (χ3v) is 7.40. The zero-order valence-corrected chi connectivity index (χ0v) is 26.3. The number of ether oxygens (including phenoxy) is 2. The van der Waals surface area contributed by atoms with Gasteiger partial charge in [0.15, 0.2) is 13.2 Å². The van der Waals surface area contributed by atoms with E-state index in [9.17, 15) is 28.8 Å². The molecule has 1 unspecified atom stereocenters. The molecule has 11 heteroatoms. The molecular formula is C35H37N3O8. The lowest BCUT2D eigenvalue weighted by molar-refractivity contribution is -0.151. The van der Waals surface area contributed by atoms with Gasteiger partial charge in [0.05, 0.1) is 16.7 Å². The van der Waals surface area contributed by atoms with Crippen molar-refractivity contribution >= 4 is 46.9 Å². The van der Waals surface area contributed by atoms with Crippen molar-refractivity contribution in [2.75, 3.05) is 23.8 Å². The Labute approximate surface area is 267 Å². The maximum absolute atomic E-state index is 13.5. The number of amides is 4. The predicted molar refractivity (Wildman–Crippen MR) is 170 cm³/mol. The normalized spacial score (nSPS) is 12.8. The maximum Gasteiger partial charge on any atom is 0.338 e. The summed E-state index contributed by atoms with van der Waals surface area (Å²) in [6.07, 6.45) is 1.80. The molecule has 1 aliphatic rings. The van der Waals surface area contributed by atoms with Crippen molar-refractivity contribution in [3.8, 4) is 0 Å². The number of esters is 2. The molecule has 4 amide bonds. The van der Waals surface area contributed by atoms with Gasteiger partial charge >= 0.3 is 11.9 Å². The molecule has 1 atom stereocenters. The smallest absolute Gasteiger partial charge is 0.338 e. The highest BCUT2D eigenvalue weighted by molar-refractivity contribution is 6.23. The molecule has 11 nitrogen and oxygen atoms in total. The van der Waals surface area contributed by atoms with Crippen molar-refractivity contribution in [1.29, 1.82) is 0 Å². The summed E-state index contributed by atoms with van der Waals surface area (Å²) < 4.78 is 10.4. The van der Waals surface area contributed by atoms with Gasteiger partial charge in [-0.25, -0.2) is 9.59 Å². The number of benzene rings is 3. The summed E-state index contributed by atoms with van der Waals surface area (Å²) in [4.78, 5) is 78.2. The molecule has 240 valence electrons. The minimum absolute atomic E-state index is 0.00430. The van der Waals surface area contributed by atoms with Gasteiger partial charge in [0, 0.05) is 11.4 Å². The third kappa shape index (κ3) is 8.23. The zero-order chi connectivity index (χ0) is 33.4. The van der Waals surface area contributed by atoms with Crippen LogP contribution in [-0.4, -0.2) is 59.7 Å². The van der Waals surface area contributed by atoms with E-state index < -0.39 is 54.8 Å². The molecule has 0 saturated carbocycles. The number of anilines is 2. The first-order valence-electron chi connectivity index (χ1n) is 15.1. The van der Waals surface area contributed by atoms with Crippen molar-refractivity contribution in [2.45, 2.75) is 53.0 Å². The Bertz CT molecular complexity index is 1630.